The van der Waals surface area contributed by atoms with Gasteiger partial charge in [0.15, 0.2) is 16.3 Å². The van der Waals surface area contributed by atoms with Crippen molar-refractivity contribution in [2.45, 2.75) is 31.2 Å². The Bertz CT molecular complexity index is 1520. The summed E-state index contributed by atoms with van der Waals surface area (Å²) in [6, 6.07) is 10.3. The van der Waals surface area contributed by atoms with Gasteiger partial charge in [0.05, 0.1) is 22.2 Å². The first-order valence-electron chi connectivity index (χ1n) is 11.9. The lowest BCUT2D eigenvalue weighted by Gasteiger charge is -2.29. The zero-order chi connectivity index (χ0) is 26.2. The molecule has 0 atom stereocenters. The second-order valence-electron chi connectivity index (χ2n) is 8.95. The van der Waals surface area contributed by atoms with Crippen LogP contribution in [0.25, 0.3) is 10.2 Å². The van der Waals surface area contributed by atoms with Crippen molar-refractivity contribution in [1.29, 1.82) is 0 Å². The molecule has 196 valence electrons. The number of benzene rings is 2. The first kappa shape index (κ1) is 25.4. The molecule has 0 bridgehead atoms. The molecule has 1 amide bonds. The van der Waals surface area contributed by atoms with Crippen molar-refractivity contribution in [3.63, 3.8) is 0 Å². The smallest absolute Gasteiger partial charge is 0.325 e. The molecule has 10 nitrogen and oxygen atoms in total. The van der Waals surface area contributed by atoms with Gasteiger partial charge in [-0.05, 0) is 31.9 Å². The maximum Gasteiger partial charge on any atom is 0.325 e. The number of sulfonamides is 1. The van der Waals surface area contributed by atoms with Gasteiger partial charge in [-0.3, -0.25) is 9.59 Å². The van der Waals surface area contributed by atoms with Crippen molar-refractivity contribution in [3.05, 3.63) is 46.8 Å². The summed E-state index contributed by atoms with van der Waals surface area (Å²) in [5.41, 5.74) is 1.67. The van der Waals surface area contributed by atoms with E-state index in [0.29, 0.717) is 47.9 Å². The van der Waals surface area contributed by atoms with Crippen LogP contribution in [-0.2, 0) is 30.9 Å². The van der Waals surface area contributed by atoms with Gasteiger partial charge in [0.2, 0.25) is 10.0 Å². The number of amides is 1. The summed E-state index contributed by atoms with van der Waals surface area (Å²) in [7, 11) is -2.32. The molecule has 3 heterocycles. The second-order valence-corrected chi connectivity index (χ2v) is 11.9. The quantitative estimate of drug-likeness (QED) is 0.452. The van der Waals surface area contributed by atoms with Gasteiger partial charge in [0.1, 0.15) is 19.8 Å². The van der Waals surface area contributed by atoms with E-state index in [9.17, 15) is 18.0 Å². The van der Waals surface area contributed by atoms with Crippen LogP contribution in [-0.4, -0.2) is 62.6 Å². The minimum absolute atomic E-state index is 0.116. The van der Waals surface area contributed by atoms with Crippen LogP contribution in [0.3, 0.4) is 0 Å². The topological polar surface area (TPSA) is 116 Å². The fourth-order valence-electron chi connectivity index (χ4n) is 4.43. The number of nitrogens with zero attached hydrogens (tertiary/aromatic N) is 3. The fourth-order valence-corrected chi connectivity index (χ4v) is 6.94. The van der Waals surface area contributed by atoms with E-state index in [4.69, 9.17) is 14.2 Å². The molecule has 0 unspecified atom stereocenters. The zero-order valence-corrected chi connectivity index (χ0v) is 22.1. The number of fused-ring (bicyclic) bond motifs is 2. The lowest BCUT2D eigenvalue weighted by Crippen LogP contribution is -2.40. The van der Waals surface area contributed by atoms with Crippen molar-refractivity contribution >= 4 is 43.5 Å². The van der Waals surface area contributed by atoms with Crippen LogP contribution in [0.2, 0.25) is 0 Å². The first-order chi connectivity index (χ1) is 17.8. The van der Waals surface area contributed by atoms with E-state index >= 15 is 0 Å². The number of methoxy groups -OCH3 is 1. The predicted molar refractivity (Wildman–Crippen MR) is 136 cm³/mol. The Hall–Kier alpha value is -3.22. The van der Waals surface area contributed by atoms with Crippen molar-refractivity contribution in [3.8, 4) is 11.5 Å². The van der Waals surface area contributed by atoms with E-state index in [1.165, 1.54) is 22.8 Å². The average Bonchev–Trinajstić information content (AvgIpc) is 3.22. The first-order valence-corrected chi connectivity index (χ1v) is 14.2. The highest BCUT2D eigenvalue weighted by molar-refractivity contribution is 7.89. The molecule has 5 rings (SSSR count). The largest absolute Gasteiger partial charge is 0.486 e. The second kappa shape index (κ2) is 10.3. The monoisotopic (exact) mass is 545 g/mol. The van der Waals surface area contributed by atoms with Crippen LogP contribution < -0.4 is 14.3 Å². The van der Waals surface area contributed by atoms with Crippen LogP contribution in [0.4, 0.5) is 0 Å². The van der Waals surface area contributed by atoms with Gasteiger partial charge in [-0.1, -0.05) is 29.0 Å². The molecule has 0 spiro atoms. The summed E-state index contributed by atoms with van der Waals surface area (Å²) >= 11 is 1.27. The standard InChI is InChI=1S/C25H27N3O7S2/c1-16-3-5-18(6-4-16)37(31,32)27-9-7-17(8-10-27)24(30)26-25-28(15-23(29)33-2)19-13-20-21(14-22(19)36-25)35-12-11-34-20/h3-6,13-14,17H,7-12,15H2,1-2H3. The Morgan fingerprint density at radius 1 is 1.08 bits per heavy atom. The Labute approximate surface area is 218 Å². The summed E-state index contributed by atoms with van der Waals surface area (Å²) in [6.07, 6.45) is 0.733. The molecule has 2 aliphatic heterocycles. The molecule has 0 radical (unpaired) electrons. The van der Waals surface area contributed by atoms with Crippen LogP contribution in [0.1, 0.15) is 18.4 Å². The Kier molecular flexibility index (Phi) is 7.06. The van der Waals surface area contributed by atoms with Gasteiger partial charge < -0.3 is 18.8 Å². The number of ether oxygens (including phenoxy) is 3. The van der Waals surface area contributed by atoms with Crippen molar-refractivity contribution in [2.24, 2.45) is 10.9 Å². The summed E-state index contributed by atoms with van der Waals surface area (Å²) in [6.45, 7) is 3.12. The number of carbonyl (C=O) groups is 2. The molecule has 0 N–H and O–H groups in total. The SMILES string of the molecule is COC(=O)Cn1c(=NC(=O)C2CCN(S(=O)(=O)c3ccc(C)cc3)CC2)sc2cc3c(cc21)OCCO3. The Morgan fingerprint density at radius 3 is 2.38 bits per heavy atom. The molecule has 37 heavy (non-hydrogen) atoms. The summed E-state index contributed by atoms with van der Waals surface area (Å²) in [5.74, 6) is -0.0606. The van der Waals surface area contributed by atoms with E-state index in [-0.39, 0.29) is 30.4 Å². The Morgan fingerprint density at radius 2 is 1.73 bits per heavy atom. The molecule has 12 heteroatoms. The summed E-state index contributed by atoms with van der Waals surface area (Å²) < 4.78 is 46.0. The van der Waals surface area contributed by atoms with Crippen LogP contribution in [0, 0.1) is 12.8 Å². The third-order valence-electron chi connectivity index (χ3n) is 6.53. The summed E-state index contributed by atoms with van der Waals surface area (Å²) in [4.78, 5) is 30.3. The van der Waals surface area contributed by atoms with E-state index in [1.54, 1.807) is 34.9 Å². The van der Waals surface area contributed by atoms with Gasteiger partial charge in [-0.25, -0.2) is 8.42 Å². The molecule has 2 aromatic carbocycles. The molecule has 0 saturated carbocycles. The van der Waals surface area contributed by atoms with E-state index in [1.807, 2.05) is 13.0 Å². The lowest BCUT2D eigenvalue weighted by atomic mass is 9.98. The molecule has 1 saturated heterocycles. The van der Waals surface area contributed by atoms with E-state index < -0.39 is 21.9 Å². The molecule has 1 aromatic heterocycles. The fraction of sp³-hybridized carbons (Fsp3) is 0.400. The minimum Gasteiger partial charge on any atom is -0.486 e. The van der Waals surface area contributed by atoms with Gasteiger partial charge in [0, 0.05) is 31.1 Å². The predicted octanol–water partition coefficient (Wildman–Crippen LogP) is 2.48. The van der Waals surface area contributed by atoms with Gasteiger partial charge in [-0.2, -0.15) is 9.30 Å². The minimum atomic E-state index is -3.62. The Balaban J connectivity index is 1.39. The number of piperidine rings is 1. The van der Waals surface area contributed by atoms with Crippen molar-refractivity contribution in [1.82, 2.24) is 8.87 Å². The third kappa shape index (κ3) is 5.13. The summed E-state index contributed by atoms with van der Waals surface area (Å²) in [5, 5.41) is 0. The number of rotatable bonds is 5. The maximum absolute atomic E-state index is 13.2. The van der Waals surface area contributed by atoms with Crippen LogP contribution in [0.15, 0.2) is 46.3 Å². The molecule has 2 aliphatic rings. The highest BCUT2D eigenvalue weighted by Crippen LogP contribution is 2.35. The molecule has 0 aliphatic carbocycles. The highest BCUT2D eigenvalue weighted by atomic mass is 32.2. The zero-order valence-electron chi connectivity index (χ0n) is 20.5. The van der Waals surface area contributed by atoms with Gasteiger partial charge >= 0.3 is 5.97 Å². The lowest BCUT2D eigenvalue weighted by molar-refractivity contribution is -0.141. The van der Waals surface area contributed by atoms with Crippen molar-refractivity contribution < 1.29 is 32.2 Å². The molecule has 1 fully saturated rings. The van der Waals surface area contributed by atoms with E-state index in [2.05, 4.69) is 4.99 Å². The van der Waals surface area contributed by atoms with Crippen LogP contribution in [0.5, 0.6) is 11.5 Å². The third-order valence-corrected chi connectivity index (χ3v) is 9.48. The maximum atomic E-state index is 13.2. The number of esters is 1. The number of hydrogen-bond donors (Lipinski definition) is 0. The van der Waals surface area contributed by atoms with E-state index in [0.717, 1.165) is 10.3 Å². The molecule has 3 aromatic rings. The number of aromatic nitrogens is 1. The number of carbonyl (C=O) groups excluding carboxylic acids is 2. The number of aryl methyl sites for hydroxylation is 1. The molecular weight excluding hydrogens is 518 g/mol. The van der Waals surface area contributed by atoms with Crippen LogP contribution >= 0.6 is 11.3 Å². The highest BCUT2D eigenvalue weighted by Gasteiger charge is 2.32. The number of hydrogen-bond acceptors (Lipinski definition) is 8. The normalized spacial score (nSPS) is 17.2. The average molecular weight is 546 g/mol. The van der Waals surface area contributed by atoms with Gasteiger partial charge in [-0.15, -0.1) is 0 Å². The van der Waals surface area contributed by atoms with Crippen molar-refractivity contribution in [2.75, 3.05) is 33.4 Å². The number of thiazole rings is 1. The molecular formula is C25H27N3O7S2. The van der Waals surface area contributed by atoms with Gasteiger partial charge in [0.25, 0.3) is 5.91 Å².